The highest BCUT2D eigenvalue weighted by molar-refractivity contribution is 5.66. The van der Waals surface area contributed by atoms with Crippen molar-refractivity contribution in [1.82, 2.24) is 0 Å². The Morgan fingerprint density at radius 3 is 2.54 bits per heavy atom. The fourth-order valence-corrected chi connectivity index (χ4v) is 2.91. The maximum Gasteiger partial charge on any atom is 0.303 e. The molecule has 0 radical (unpaired) electrons. The Hall–Kier alpha value is -1.77. The molecule has 0 unspecified atom stereocenters. The van der Waals surface area contributed by atoms with Crippen molar-refractivity contribution in [2.24, 2.45) is 5.73 Å². The first-order valence-electron chi connectivity index (χ1n) is 8.54. The molecule has 1 aliphatic rings. The molecule has 1 heterocycles. The largest absolute Gasteiger partial charge is 0.454 e. The molecule has 0 bridgehead atoms. The minimum Gasteiger partial charge on any atom is -0.454 e. The van der Waals surface area contributed by atoms with Gasteiger partial charge in [-0.3, -0.25) is 4.79 Å². The minimum atomic E-state index is -0.795. The Balaban J connectivity index is 2.24. The normalized spacial score (nSPS) is 28.5. The van der Waals surface area contributed by atoms with E-state index in [2.05, 4.69) is 6.58 Å². The van der Waals surface area contributed by atoms with Gasteiger partial charge in [-0.2, -0.15) is 0 Å². The monoisotopic (exact) mass is 365 g/mol. The summed E-state index contributed by atoms with van der Waals surface area (Å²) in [7, 11) is 1.48. The highest BCUT2D eigenvalue weighted by atomic mass is 16.7. The Kier molecular flexibility index (Phi) is 8.21. The van der Waals surface area contributed by atoms with Gasteiger partial charge in [-0.15, -0.1) is 6.58 Å². The van der Waals surface area contributed by atoms with E-state index in [1.165, 1.54) is 14.0 Å². The van der Waals surface area contributed by atoms with Crippen LogP contribution in [0.15, 0.2) is 43.0 Å². The third-order valence-corrected chi connectivity index (χ3v) is 4.05. The number of nitrogens with two attached hydrogens (primary N) is 1. The van der Waals surface area contributed by atoms with Crippen LogP contribution >= 0.6 is 0 Å². The summed E-state index contributed by atoms with van der Waals surface area (Å²) in [6.45, 7) is 5.82. The van der Waals surface area contributed by atoms with E-state index >= 15 is 0 Å². The van der Waals surface area contributed by atoms with Crippen LogP contribution in [0, 0.1) is 0 Å². The van der Waals surface area contributed by atoms with Gasteiger partial charge in [0.25, 0.3) is 0 Å². The lowest BCUT2D eigenvalue weighted by Gasteiger charge is -2.44. The topological polar surface area (TPSA) is 89.2 Å². The summed E-state index contributed by atoms with van der Waals surface area (Å²) < 4.78 is 28.6. The first kappa shape index (κ1) is 20.5. The lowest BCUT2D eigenvalue weighted by atomic mass is 9.97. The highest BCUT2D eigenvalue weighted by Gasteiger charge is 2.49. The predicted octanol–water partition coefficient (Wildman–Crippen LogP) is 1.40. The summed E-state index contributed by atoms with van der Waals surface area (Å²) in [6, 6.07) is 9.69. The van der Waals surface area contributed by atoms with Crippen molar-refractivity contribution in [3.8, 4) is 0 Å². The molecule has 2 rings (SSSR count). The van der Waals surface area contributed by atoms with Crippen molar-refractivity contribution >= 4 is 5.97 Å². The quantitative estimate of drug-likeness (QED) is 0.523. The van der Waals surface area contributed by atoms with Crippen LogP contribution in [0.2, 0.25) is 0 Å². The van der Waals surface area contributed by atoms with Crippen molar-refractivity contribution in [2.45, 2.75) is 44.2 Å². The average Bonchev–Trinajstić information content (AvgIpc) is 2.65. The van der Waals surface area contributed by atoms with Gasteiger partial charge >= 0.3 is 5.97 Å². The van der Waals surface area contributed by atoms with Crippen LogP contribution in [0.1, 0.15) is 12.5 Å². The molecule has 26 heavy (non-hydrogen) atoms. The number of esters is 1. The summed E-state index contributed by atoms with van der Waals surface area (Å²) >= 11 is 0. The summed E-state index contributed by atoms with van der Waals surface area (Å²) in [6.07, 6.45) is -1.54. The van der Waals surface area contributed by atoms with E-state index < -0.39 is 36.7 Å². The fourth-order valence-electron chi connectivity index (χ4n) is 2.91. The molecule has 1 aliphatic heterocycles. The van der Waals surface area contributed by atoms with Gasteiger partial charge in [-0.1, -0.05) is 36.4 Å². The van der Waals surface area contributed by atoms with Gasteiger partial charge in [0.1, 0.15) is 18.3 Å². The van der Waals surface area contributed by atoms with Gasteiger partial charge in [0, 0.05) is 20.6 Å². The highest BCUT2D eigenvalue weighted by Crippen LogP contribution is 2.29. The molecule has 1 saturated heterocycles. The lowest BCUT2D eigenvalue weighted by Crippen LogP contribution is -2.62. The van der Waals surface area contributed by atoms with E-state index in [4.69, 9.17) is 29.4 Å². The van der Waals surface area contributed by atoms with Crippen molar-refractivity contribution in [1.29, 1.82) is 0 Å². The molecule has 5 atom stereocenters. The molecule has 0 spiro atoms. The molecule has 1 fully saturated rings. The molecule has 2 N–H and O–H groups in total. The van der Waals surface area contributed by atoms with Crippen molar-refractivity contribution in [3.05, 3.63) is 48.6 Å². The second-order valence-electron chi connectivity index (χ2n) is 5.94. The Bertz CT molecular complexity index is 566. The summed E-state index contributed by atoms with van der Waals surface area (Å²) in [4.78, 5) is 11.6. The Morgan fingerprint density at radius 1 is 1.23 bits per heavy atom. The molecule has 1 aromatic carbocycles. The second-order valence-corrected chi connectivity index (χ2v) is 5.94. The SMILES string of the molecule is C=CCO[C@H]1[C@H](OCc2ccccc2)[C@H](OC(C)=O)[C@@H](OC)O[C@@H]1CN. The van der Waals surface area contributed by atoms with Gasteiger partial charge in [-0.25, -0.2) is 0 Å². The number of hydrogen-bond acceptors (Lipinski definition) is 7. The van der Waals surface area contributed by atoms with Gasteiger partial charge in [0.15, 0.2) is 12.4 Å². The minimum absolute atomic E-state index is 0.208. The number of carbonyl (C=O) groups excluding carboxylic acids is 1. The van der Waals surface area contributed by atoms with E-state index in [1.807, 2.05) is 30.3 Å². The van der Waals surface area contributed by atoms with Crippen LogP contribution in [-0.2, 0) is 35.1 Å². The number of benzene rings is 1. The molecule has 1 aromatic rings. The molecular weight excluding hydrogens is 338 g/mol. The number of methoxy groups -OCH3 is 1. The third kappa shape index (κ3) is 5.36. The molecule has 0 amide bonds. The number of rotatable bonds is 9. The van der Waals surface area contributed by atoms with Crippen LogP contribution in [-0.4, -0.2) is 56.9 Å². The Labute approximate surface area is 154 Å². The molecule has 7 heteroatoms. The number of ether oxygens (including phenoxy) is 5. The van der Waals surface area contributed by atoms with Crippen molar-refractivity contribution < 1.29 is 28.5 Å². The first-order chi connectivity index (χ1) is 12.6. The zero-order valence-corrected chi connectivity index (χ0v) is 15.2. The fraction of sp³-hybridized carbons (Fsp3) is 0.526. The van der Waals surface area contributed by atoms with Gasteiger partial charge in [-0.05, 0) is 5.56 Å². The number of hydrogen-bond donors (Lipinski definition) is 1. The van der Waals surface area contributed by atoms with E-state index in [1.54, 1.807) is 6.08 Å². The third-order valence-electron chi connectivity index (χ3n) is 4.05. The molecule has 7 nitrogen and oxygen atoms in total. The summed E-state index contributed by atoms with van der Waals surface area (Å²) in [5.41, 5.74) is 6.84. The number of carbonyl (C=O) groups is 1. The van der Waals surface area contributed by atoms with E-state index in [9.17, 15) is 4.79 Å². The zero-order chi connectivity index (χ0) is 18.9. The van der Waals surface area contributed by atoms with Crippen LogP contribution in [0.3, 0.4) is 0 Å². The van der Waals surface area contributed by atoms with Gasteiger partial charge in [0.05, 0.1) is 13.2 Å². The van der Waals surface area contributed by atoms with Crippen molar-refractivity contribution in [3.63, 3.8) is 0 Å². The smallest absolute Gasteiger partial charge is 0.303 e. The average molecular weight is 365 g/mol. The van der Waals surface area contributed by atoms with Gasteiger partial charge in [0.2, 0.25) is 0 Å². The zero-order valence-electron chi connectivity index (χ0n) is 15.2. The summed E-state index contributed by atoms with van der Waals surface area (Å²) in [5, 5.41) is 0. The molecular formula is C19H27NO6. The van der Waals surface area contributed by atoms with Crippen molar-refractivity contribution in [2.75, 3.05) is 20.3 Å². The standard InChI is InChI=1S/C19H27NO6/c1-4-10-23-16-15(11-20)26-19(22-3)18(25-13(2)21)17(16)24-12-14-8-6-5-7-9-14/h4-9,15-19H,1,10-12,20H2,2-3H3/t15-,16-,17+,18+,19+/m1/s1. The summed E-state index contributed by atoms with van der Waals surface area (Å²) in [5.74, 6) is -0.456. The van der Waals surface area contributed by atoms with Crippen LogP contribution in [0.5, 0.6) is 0 Å². The van der Waals surface area contributed by atoms with E-state index in [0.29, 0.717) is 13.2 Å². The van der Waals surface area contributed by atoms with E-state index in [0.717, 1.165) is 5.56 Å². The lowest BCUT2D eigenvalue weighted by molar-refractivity contribution is -0.305. The molecule has 0 aliphatic carbocycles. The maximum atomic E-state index is 11.6. The predicted molar refractivity (Wildman–Crippen MR) is 95.2 cm³/mol. The van der Waals surface area contributed by atoms with Gasteiger partial charge < -0.3 is 29.4 Å². The molecule has 144 valence electrons. The molecule has 0 saturated carbocycles. The maximum absolute atomic E-state index is 11.6. The van der Waals surface area contributed by atoms with E-state index in [-0.39, 0.29) is 6.54 Å². The van der Waals surface area contributed by atoms with Crippen LogP contribution in [0.25, 0.3) is 0 Å². The van der Waals surface area contributed by atoms with Crippen LogP contribution < -0.4 is 5.73 Å². The van der Waals surface area contributed by atoms with Crippen LogP contribution in [0.4, 0.5) is 0 Å². The molecule has 0 aromatic heterocycles. The second kappa shape index (κ2) is 10.4. The Morgan fingerprint density at radius 2 is 1.96 bits per heavy atom. The first-order valence-corrected chi connectivity index (χ1v) is 8.54.